The summed E-state index contributed by atoms with van der Waals surface area (Å²) in [5, 5.41) is 4.16. The smallest absolute Gasteiger partial charge is 0.328 e. The summed E-state index contributed by atoms with van der Waals surface area (Å²) in [5.41, 5.74) is 3.26. The zero-order valence-electron chi connectivity index (χ0n) is 19.5. The quantitative estimate of drug-likeness (QED) is 0.397. The number of pyridine rings is 1. The zero-order valence-corrected chi connectivity index (χ0v) is 20.4. The van der Waals surface area contributed by atoms with E-state index in [1.54, 1.807) is 38.3 Å². The Hall–Kier alpha value is -3.62. The van der Waals surface area contributed by atoms with Crippen LogP contribution in [0.25, 0.3) is 10.9 Å². The lowest BCUT2D eigenvalue weighted by atomic mass is 10.0. The van der Waals surface area contributed by atoms with E-state index in [2.05, 4.69) is 10.3 Å². The number of fused-ring (bicyclic) bond motifs is 1. The number of aromatic nitrogens is 2. The first-order valence-electron chi connectivity index (χ1n) is 11.4. The molecular weight excluding hydrogens is 460 g/mol. The van der Waals surface area contributed by atoms with Gasteiger partial charge in [-0.25, -0.2) is 4.79 Å². The molecule has 1 fully saturated rings. The van der Waals surface area contributed by atoms with Crippen molar-refractivity contribution in [3.63, 3.8) is 0 Å². The summed E-state index contributed by atoms with van der Waals surface area (Å²) in [5.74, 6) is 1.25. The zero-order chi connectivity index (χ0) is 24.4. The Morgan fingerprint density at radius 1 is 1.14 bits per heavy atom. The number of Topliss-reactive ketones (excluding diaryl/α,β-unsaturated/α-hetero) is 1. The Bertz CT molecular complexity index is 1360. The van der Waals surface area contributed by atoms with Gasteiger partial charge < -0.3 is 9.64 Å². The summed E-state index contributed by atoms with van der Waals surface area (Å²) in [4.78, 5) is 32.2. The highest BCUT2D eigenvalue weighted by Crippen LogP contribution is 2.35. The minimum atomic E-state index is -0.354. The monoisotopic (exact) mass is 486 g/mol. The van der Waals surface area contributed by atoms with Gasteiger partial charge in [0.1, 0.15) is 12.4 Å². The maximum atomic E-state index is 13.6. The topological polar surface area (TPSA) is 76.5 Å². The molecular formula is C27H26N4O3S. The lowest BCUT2D eigenvalue weighted by molar-refractivity contribution is 0.0957. The van der Waals surface area contributed by atoms with E-state index in [1.165, 1.54) is 9.47 Å². The largest absolute Gasteiger partial charge is 0.489 e. The maximum Gasteiger partial charge on any atom is 0.328 e. The molecule has 1 amide bonds. The first-order valence-corrected chi connectivity index (χ1v) is 12.4. The Labute approximate surface area is 208 Å². The molecule has 2 aromatic carbocycles. The van der Waals surface area contributed by atoms with Gasteiger partial charge in [-0.15, -0.1) is 11.8 Å². The van der Waals surface area contributed by atoms with Gasteiger partial charge in [-0.2, -0.15) is 0 Å². The van der Waals surface area contributed by atoms with Crippen molar-refractivity contribution < 1.29 is 14.3 Å². The van der Waals surface area contributed by atoms with Gasteiger partial charge in [-0.05, 0) is 29.3 Å². The lowest BCUT2D eigenvalue weighted by Gasteiger charge is -2.12. The van der Waals surface area contributed by atoms with Crippen LogP contribution in [0.5, 0.6) is 5.75 Å². The van der Waals surface area contributed by atoms with E-state index in [9.17, 15) is 9.59 Å². The fourth-order valence-electron chi connectivity index (χ4n) is 4.14. The third kappa shape index (κ3) is 4.80. The summed E-state index contributed by atoms with van der Waals surface area (Å²) >= 11 is 1.68. The molecule has 7 nitrogen and oxygen atoms in total. The van der Waals surface area contributed by atoms with Gasteiger partial charge in [0.25, 0.3) is 0 Å². The summed E-state index contributed by atoms with van der Waals surface area (Å²) < 4.78 is 7.51. The van der Waals surface area contributed by atoms with Crippen LogP contribution in [0.1, 0.15) is 26.9 Å². The molecule has 5 rings (SSSR count). The highest BCUT2D eigenvalue weighted by molar-refractivity contribution is 7.99. The SMILES string of the molecule is CN(C)C(=O)n1cc(C(=O)[C@@H]2CS[C@@H](c3cccnc3)N2)c2ccc(OCc3ccccc3)cc21. The van der Waals surface area contributed by atoms with Crippen LogP contribution in [0.2, 0.25) is 0 Å². The number of carbonyl (C=O) groups is 2. The highest BCUT2D eigenvalue weighted by Gasteiger charge is 2.33. The van der Waals surface area contributed by atoms with Crippen molar-refractivity contribution in [1.29, 1.82) is 0 Å². The standard InChI is InChI=1S/C27H26N4O3S/c1-30(2)27(33)31-15-22(25(32)23-17-35-26(29-23)19-9-6-12-28-14-19)21-11-10-20(13-24(21)31)34-16-18-7-4-3-5-8-18/h3-15,23,26,29H,16-17H2,1-2H3/t23-,26-/m0/s1. The average molecular weight is 487 g/mol. The molecule has 1 aliphatic rings. The van der Waals surface area contributed by atoms with Crippen molar-refractivity contribution in [2.75, 3.05) is 19.8 Å². The second kappa shape index (κ2) is 9.93. The number of carbonyl (C=O) groups excluding carboxylic acids is 2. The van der Waals surface area contributed by atoms with E-state index < -0.39 is 0 Å². The summed E-state index contributed by atoms with van der Waals surface area (Å²) in [6.07, 6.45) is 5.20. The van der Waals surface area contributed by atoms with Crippen LogP contribution in [0.4, 0.5) is 4.79 Å². The number of hydrogen-bond acceptors (Lipinski definition) is 6. The van der Waals surface area contributed by atoms with Crippen LogP contribution in [-0.2, 0) is 6.61 Å². The van der Waals surface area contributed by atoms with E-state index in [0.717, 1.165) is 16.5 Å². The molecule has 1 N–H and O–H groups in total. The molecule has 0 radical (unpaired) electrons. The van der Waals surface area contributed by atoms with Gasteiger partial charge in [0.2, 0.25) is 0 Å². The average Bonchev–Trinajstić information content (AvgIpc) is 3.53. The van der Waals surface area contributed by atoms with Crippen LogP contribution in [0.3, 0.4) is 0 Å². The molecule has 1 saturated heterocycles. The van der Waals surface area contributed by atoms with Gasteiger partial charge in [0.05, 0.1) is 16.9 Å². The van der Waals surface area contributed by atoms with Crippen LogP contribution in [0.15, 0.2) is 79.3 Å². The minimum Gasteiger partial charge on any atom is -0.489 e. The number of nitrogens with zero attached hydrogens (tertiary/aromatic N) is 3. The van der Waals surface area contributed by atoms with Crippen molar-refractivity contribution >= 4 is 34.5 Å². The molecule has 8 heteroatoms. The number of nitrogens with one attached hydrogen (secondary N) is 1. The Morgan fingerprint density at radius 3 is 2.71 bits per heavy atom. The molecule has 1 aliphatic heterocycles. The second-order valence-electron chi connectivity index (χ2n) is 8.63. The first kappa shape index (κ1) is 23.1. The molecule has 0 unspecified atom stereocenters. The fourth-order valence-corrected chi connectivity index (χ4v) is 5.37. The van der Waals surface area contributed by atoms with E-state index >= 15 is 0 Å². The van der Waals surface area contributed by atoms with Crippen LogP contribution >= 0.6 is 11.8 Å². The van der Waals surface area contributed by atoms with Crippen molar-refractivity contribution in [3.05, 3.63) is 95.9 Å². The molecule has 0 bridgehead atoms. The maximum absolute atomic E-state index is 13.6. The normalized spacial score (nSPS) is 17.4. The molecule has 4 aromatic rings. The number of benzene rings is 2. The van der Waals surface area contributed by atoms with E-state index in [-0.39, 0.29) is 23.2 Å². The lowest BCUT2D eigenvalue weighted by Crippen LogP contribution is -2.34. The van der Waals surface area contributed by atoms with Crippen molar-refractivity contribution in [2.24, 2.45) is 0 Å². The number of hydrogen-bond donors (Lipinski definition) is 1. The van der Waals surface area contributed by atoms with Crippen molar-refractivity contribution in [1.82, 2.24) is 19.8 Å². The van der Waals surface area contributed by atoms with Crippen molar-refractivity contribution in [3.8, 4) is 5.75 Å². The third-order valence-electron chi connectivity index (χ3n) is 5.97. The molecule has 2 atom stereocenters. The van der Waals surface area contributed by atoms with Gasteiger partial charge >= 0.3 is 6.03 Å². The van der Waals surface area contributed by atoms with Crippen LogP contribution in [0, 0.1) is 0 Å². The summed E-state index contributed by atoms with van der Waals surface area (Å²) in [7, 11) is 3.39. The van der Waals surface area contributed by atoms with Crippen LogP contribution < -0.4 is 10.1 Å². The predicted octanol–water partition coefficient (Wildman–Crippen LogP) is 4.73. The number of ketones is 1. The van der Waals surface area contributed by atoms with Gasteiger partial charge in [0.15, 0.2) is 5.78 Å². The second-order valence-corrected chi connectivity index (χ2v) is 9.76. The summed E-state index contributed by atoms with van der Waals surface area (Å²) in [6.45, 7) is 0.416. The highest BCUT2D eigenvalue weighted by atomic mass is 32.2. The first-order chi connectivity index (χ1) is 17.0. The molecule has 0 saturated carbocycles. The summed E-state index contributed by atoms with van der Waals surface area (Å²) in [6, 6.07) is 18.8. The van der Waals surface area contributed by atoms with Crippen LogP contribution in [-0.4, -0.2) is 52.2 Å². The van der Waals surface area contributed by atoms with E-state index in [0.29, 0.717) is 29.2 Å². The molecule has 0 aliphatic carbocycles. The third-order valence-corrected chi connectivity index (χ3v) is 7.23. The van der Waals surface area contributed by atoms with Gasteiger partial charge in [-0.3, -0.25) is 19.7 Å². The predicted molar refractivity (Wildman–Crippen MR) is 138 cm³/mol. The molecule has 178 valence electrons. The van der Waals surface area contributed by atoms with E-state index in [1.807, 2.05) is 66.9 Å². The Morgan fingerprint density at radius 2 is 1.97 bits per heavy atom. The number of thioether (sulfide) groups is 1. The van der Waals surface area contributed by atoms with Gasteiger partial charge in [0, 0.05) is 55.5 Å². The number of amides is 1. The fraction of sp³-hybridized carbons (Fsp3) is 0.222. The molecule has 0 spiro atoms. The molecule has 3 heterocycles. The molecule has 35 heavy (non-hydrogen) atoms. The number of rotatable bonds is 6. The minimum absolute atomic E-state index is 0.00685. The van der Waals surface area contributed by atoms with Gasteiger partial charge in [-0.1, -0.05) is 36.4 Å². The molecule has 2 aromatic heterocycles. The Balaban J connectivity index is 1.43. The van der Waals surface area contributed by atoms with E-state index in [4.69, 9.17) is 4.74 Å². The Kier molecular flexibility index (Phi) is 6.57. The van der Waals surface area contributed by atoms with Crippen molar-refractivity contribution in [2.45, 2.75) is 18.0 Å². The number of ether oxygens (including phenoxy) is 1.